The van der Waals surface area contributed by atoms with E-state index in [1.54, 1.807) is 13.8 Å². The molecule has 0 unspecified atom stereocenters. The molecular formula is C23H32N6O2. The number of benzene rings is 1. The molecule has 1 aliphatic rings. The molecule has 0 radical (unpaired) electrons. The summed E-state index contributed by atoms with van der Waals surface area (Å²) in [5, 5.41) is 27.0. The van der Waals surface area contributed by atoms with E-state index in [1.165, 1.54) is 19.3 Å². The van der Waals surface area contributed by atoms with E-state index in [2.05, 4.69) is 25.2 Å². The van der Waals surface area contributed by atoms with Crippen molar-refractivity contribution in [1.29, 1.82) is 0 Å². The average molecular weight is 425 g/mol. The summed E-state index contributed by atoms with van der Waals surface area (Å²) < 4.78 is 2.17. The first-order valence-electron chi connectivity index (χ1n) is 11.0. The number of rotatable bonds is 7. The second-order valence-corrected chi connectivity index (χ2v) is 9.11. The molecule has 8 nitrogen and oxygen atoms in total. The number of aryl methyl sites for hydroxylation is 1. The highest BCUT2D eigenvalue weighted by atomic mass is 16.3. The molecule has 1 saturated carbocycles. The topological polar surface area (TPSA) is 108 Å². The minimum atomic E-state index is -0.886. The fourth-order valence-corrected chi connectivity index (χ4v) is 4.08. The number of imidazole rings is 1. The van der Waals surface area contributed by atoms with Crippen molar-refractivity contribution < 1.29 is 10.2 Å². The third kappa shape index (κ3) is 4.90. The van der Waals surface area contributed by atoms with Gasteiger partial charge in [-0.05, 0) is 39.2 Å². The van der Waals surface area contributed by atoms with E-state index >= 15 is 0 Å². The molecule has 0 spiro atoms. The fraction of sp³-hybridized carbons (Fsp3) is 0.522. The largest absolute Gasteiger partial charge is 0.507 e. The van der Waals surface area contributed by atoms with E-state index in [9.17, 15) is 10.2 Å². The number of hydrogen-bond acceptors (Lipinski definition) is 7. The smallest absolute Gasteiger partial charge is 0.226 e. The summed E-state index contributed by atoms with van der Waals surface area (Å²) in [6.45, 7) is 6.11. The lowest BCUT2D eigenvalue weighted by atomic mass is 9.95. The predicted molar refractivity (Wildman–Crippen MR) is 122 cm³/mol. The molecule has 0 aliphatic heterocycles. The van der Waals surface area contributed by atoms with Crippen LogP contribution in [0.15, 0.2) is 24.5 Å². The van der Waals surface area contributed by atoms with Gasteiger partial charge in [0.15, 0.2) is 17.0 Å². The summed E-state index contributed by atoms with van der Waals surface area (Å²) in [5.74, 6) is 1.34. The molecule has 166 valence electrons. The number of phenols is 1. The first kappa shape index (κ1) is 21.4. The van der Waals surface area contributed by atoms with Gasteiger partial charge in [0.1, 0.15) is 5.75 Å². The Morgan fingerprint density at radius 2 is 1.90 bits per heavy atom. The van der Waals surface area contributed by atoms with Crippen molar-refractivity contribution >= 4 is 22.9 Å². The number of para-hydroxylation sites is 1. The van der Waals surface area contributed by atoms with Crippen LogP contribution in [0.5, 0.6) is 5.75 Å². The molecule has 4 rings (SSSR count). The van der Waals surface area contributed by atoms with Gasteiger partial charge in [-0.1, -0.05) is 37.5 Å². The maximum atomic E-state index is 10.4. The summed E-state index contributed by atoms with van der Waals surface area (Å²) in [6.07, 6.45) is 7.84. The molecule has 1 aromatic carbocycles. The molecule has 3 aromatic rings. The lowest BCUT2D eigenvalue weighted by Gasteiger charge is -2.23. The number of fused-ring (bicyclic) bond motifs is 1. The maximum absolute atomic E-state index is 10.4. The van der Waals surface area contributed by atoms with Crippen LogP contribution >= 0.6 is 0 Å². The second-order valence-electron chi connectivity index (χ2n) is 9.11. The minimum absolute atomic E-state index is 0.286. The highest BCUT2D eigenvalue weighted by molar-refractivity contribution is 5.84. The third-order valence-electron chi connectivity index (χ3n) is 5.84. The number of nitrogens with zero attached hydrogens (tertiary/aromatic N) is 4. The molecule has 4 N–H and O–H groups in total. The van der Waals surface area contributed by atoms with Crippen molar-refractivity contribution in [3.8, 4) is 5.75 Å². The zero-order chi connectivity index (χ0) is 22.0. The lowest BCUT2D eigenvalue weighted by Crippen LogP contribution is -2.30. The van der Waals surface area contributed by atoms with Crippen molar-refractivity contribution in [3.05, 3.63) is 35.7 Å². The average Bonchev–Trinajstić information content (AvgIpc) is 3.17. The molecule has 0 saturated heterocycles. The maximum Gasteiger partial charge on any atom is 0.226 e. The lowest BCUT2D eigenvalue weighted by molar-refractivity contribution is 0.0943. The highest BCUT2D eigenvalue weighted by Gasteiger charge is 2.21. The predicted octanol–water partition coefficient (Wildman–Crippen LogP) is 4.14. The van der Waals surface area contributed by atoms with Crippen LogP contribution in [0, 0.1) is 6.92 Å². The molecule has 2 heterocycles. The molecular weight excluding hydrogens is 392 g/mol. The Labute approximate surface area is 182 Å². The highest BCUT2D eigenvalue weighted by Crippen LogP contribution is 2.32. The standard InChI is InChI=1S/C23H32N6O2/c1-15-8-7-9-16(19(15)30)12-24-20-18-21(28-22(27-20)25-13-23(2,3)31)29(14-26-18)17-10-5-4-6-11-17/h7-9,14,17,30-31H,4-6,10-13H2,1-3H3,(H2,24,25,27,28). The third-order valence-corrected chi connectivity index (χ3v) is 5.84. The zero-order valence-electron chi connectivity index (χ0n) is 18.5. The molecule has 8 heteroatoms. The van der Waals surface area contributed by atoms with E-state index in [0.29, 0.717) is 36.4 Å². The number of nitrogens with one attached hydrogen (secondary N) is 2. The van der Waals surface area contributed by atoms with Gasteiger partial charge >= 0.3 is 0 Å². The molecule has 2 aromatic heterocycles. The van der Waals surface area contributed by atoms with E-state index in [1.807, 2.05) is 31.5 Å². The van der Waals surface area contributed by atoms with Crippen molar-refractivity contribution in [1.82, 2.24) is 19.5 Å². The summed E-state index contributed by atoms with van der Waals surface area (Å²) in [6, 6.07) is 6.09. The van der Waals surface area contributed by atoms with Gasteiger partial charge in [0.25, 0.3) is 0 Å². The number of aromatic nitrogens is 4. The van der Waals surface area contributed by atoms with Crippen LogP contribution in [-0.2, 0) is 6.54 Å². The number of hydrogen-bond donors (Lipinski definition) is 4. The number of aromatic hydroxyl groups is 1. The monoisotopic (exact) mass is 424 g/mol. The van der Waals surface area contributed by atoms with Crippen LogP contribution in [0.1, 0.15) is 63.1 Å². The van der Waals surface area contributed by atoms with E-state index in [0.717, 1.165) is 29.6 Å². The van der Waals surface area contributed by atoms with Gasteiger partial charge in [-0.3, -0.25) is 0 Å². The van der Waals surface area contributed by atoms with Crippen molar-refractivity contribution in [2.24, 2.45) is 0 Å². The zero-order valence-corrected chi connectivity index (χ0v) is 18.5. The van der Waals surface area contributed by atoms with Gasteiger partial charge in [-0.25, -0.2) is 4.98 Å². The van der Waals surface area contributed by atoms with Crippen LogP contribution in [0.3, 0.4) is 0 Å². The Balaban J connectivity index is 1.68. The van der Waals surface area contributed by atoms with Crippen molar-refractivity contribution in [3.63, 3.8) is 0 Å². The van der Waals surface area contributed by atoms with Crippen molar-refractivity contribution in [2.45, 2.75) is 71.1 Å². The summed E-state index contributed by atoms with van der Waals surface area (Å²) in [4.78, 5) is 14.0. The summed E-state index contributed by atoms with van der Waals surface area (Å²) in [5.41, 5.74) is 2.25. The Bertz CT molecular complexity index is 1050. The summed E-state index contributed by atoms with van der Waals surface area (Å²) >= 11 is 0. The van der Waals surface area contributed by atoms with E-state index in [-0.39, 0.29) is 5.75 Å². The van der Waals surface area contributed by atoms with Crippen LogP contribution in [0.25, 0.3) is 11.2 Å². The quantitative estimate of drug-likeness (QED) is 0.451. The molecule has 0 amide bonds. The number of phenolic OH excluding ortho intramolecular Hbond substituents is 1. The first-order chi connectivity index (χ1) is 14.8. The Morgan fingerprint density at radius 3 is 2.65 bits per heavy atom. The molecule has 0 atom stereocenters. The van der Waals surface area contributed by atoms with E-state index < -0.39 is 5.60 Å². The molecule has 0 bridgehead atoms. The normalized spacial score (nSPS) is 15.4. The molecule has 1 aliphatic carbocycles. The van der Waals surface area contributed by atoms with Gasteiger partial charge < -0.3 is 25.4 Å². The van der Waals surface area contributed by atoms with E-state index in [4.69, 9.17) is 4.98 Å². The van der Waals surface area contributed by atoms with Crippen molar-refractivity contribution in [2.75, 3.05) is 17.2 Å². The van der Waals surface area contributed by atoms with Crippen LogP contribution in [-0.4, -0.2) is 41.9 Å². The van der Waals surface area contributed by atoms with Crippen LogP contribution < -0.4 is 10.6 Å². The minimum Gasteiger partial charge on any atom is -0.507 e. The SMILES string of the molecule is Cc1cccc(CNc2nc(NCC(C)(C)O)nc3c2ncn3C2CCCCC2)c1O. The van der Waals surface area contributed by atoms with Gasteiger partial charge in [-0.15, -0.1) is 0 Å². The van der Waals surface area contributed by atoms with Gasteiger partial charge in [-0.2, -0.15) is 9.97 Å². The Kier molecular flexibility index (Phi) is 6.00. The first-order valence-corrected chi connectivity index (χ1v) is 11.0. The fourth-order valence-electron chi connectivity index (χ4n) is 4.08. The number of anilines is 2. The summed E-state index contributed by atoms with van der Waals surface area (Å²) in [7, 11) is 0. The van der Waals surface area contributed by atoms with Crippen LogP contribution in [0.4, 0.5) is 11.8 Å². The van der Waals surface area contributed by atoms with Gasteiger partial charge in [0, 0.05) is 24.7 Å². The van der Waals surface area contributed by atoms with Crippen LogP contribution in [0.2, 0.25) is 0 Å². The van der Waals surface area contributed by atoms with Gasteiger partial charge in [0.2, 0.25) is 5.95 Å². The van der Waals surface area contributed by atoms with Gasteiger partial charge in [0.05, 0.1) is 11.9 Å². The molecule has 31 heavy (non-hydrogen) atoms. The molecule has 1 fully saturated rings. The Hall–Kier alpha value is -2.87. The Morgan fingerprint density at radius 1 is 1.13 bits per heavy atom. The second kappa shape index (κ2) is 8.70. The number of aliphatic hydroxyl groups is 1.